The Morgan fingerprint density at radius 1 is 1.29 bits per heavy atom. The van der Waals surface area contributed by atoms with Crippen molar-refractivity contribution in [3.8, 4) is 5.75 Å². The summed E-state index contributed by atoms with van der Waals surface area (Å²) in [6.07, 6.45) is 2.39. The Morgan fingerprint density at radius 3 is 2.79 bits per heavy atom. The predicted molar refractivity (Wildman–Crippen MR) is 105 cm³/mol. The molecule has 0 spiro atoms. The van der Waals surface area contributed by atoms with Crippen LogP contribution in [-0.4, -0.2) is 76.6 Å². The van der Waals surface area contributed by atoms with E-state index < -0.39 is 5.97 Å². The summed E-state index contributed by atoms with van der Waals surface area (Å²) < 4.78 is 21.8. The van der Waals surface area contributed by atoms with Crippen molar-refractivity contribution in [2.75, 3.05) is 47.6 Å². The van der Waals surface area contributed by atoms with E-state index in [1.165, 1.54) is 14.2 Å². The second-order valence-corrected chi connectivity index (χ2v) is 6.83. The molecule has 1 N–H and O–H groups in total. The van der Waals surface area contributed by atoms with E-state index in [2.05, 4.69) is 15.2 Å². The number of hydrogen-bond donors (Lipinski definition) is 1. The van der Waals surface area contributed by atoms with Crippen molar-refractivity contribution in [3.63, 3.8) is 0 Å². The third kappa shape index (κ3) is 4.74. The molecule has 0 saturated carbocycles. The molecule has 1 aromatic carbocycles. The molecule has 2 fully saturated rings. The first-order valence-electron chi connectivity index (χ1n) is 9.60. The van der Waals surface area contributed by atoms with E-state index in [0.717, 1.165) is 44.1 Å². The highest BCUT2D eigenvalue weighted by molar-refractivity contribution is 5.92. The van der Waals surface area contributed by atoms with Gasteiger partial charge in [0.25, 0.3) is 0 Å². The molecule has 3 rings (SSSR count). The van der Waals surface area contributed by atoms with Crippen molar-refractivity contribution in [1.82, 2.24) is 10.2 Å². The van der Waals surface area contributed by atoms with Crippen molar-refractivity contribution < 1.29 is 23.7 Å². The maximum absolute atomic E-state index is 12.0. The number of rotatable bonds is 5. The van der Waals surface area contributed by atoms with Gasteiger partial charge in [-0.25, -0.2) is 4.79 Å². The zero-order valence-electron chi connectivity index (χ0n) is 16.8. The summed E-state index contributed by atoms with van der Waals surface area (Å²) in [5, 5.41) is 3.37. The average molecular weight is 391 g/mol. The van der Waals surface area contributed by atoms with Crippen molar-refractivity contribution in [1.29, 1.82) is 0 Å². The molecular weight excluding hydrogens is 362 g/mol. The van der Waals surface area contributed by atoms with Gasteiger partial charge in [-0.3, -0.25) is 4.99 Å². The summed E-state index contributed by atoms with van der Waals surface area (Å²) in [5.74, 6) is 0.880. The average Bonchev–Trinajstić information content (AvgIpc) is 3.28. The molecule has 1 aromatic rings. The first-order chi connectivity index (χ1) is 13.7. The van der Waals surface area contributed by atoms with Crippen LogP contribution in [0.4, 0.5) is 0 Å². The van der Waals surface area contributed by atoms with Gasteiger partial charge in [-0.1, -0.05) is 6.07 Å². The van der Waals surface area contributed by atoms with Crippen LogP contribution in [0.1, 0.15) is 28.8 Å². The summed E-state index contributed by atoms with van der Waals surface area (Å²) in [5.41, 5.74) is 1.34. The maximum atomic E-state index is 12.0. The van der Waals surface area contributed by atoms with Crippen molar-refractivity contribution in [3.05, 3.63) is 29.3 Å². The molecule has 0 aliphatic carbocycles. The topological polar surface area (TPSA) is 81.6 Å². The predicted octanol–water partition coefficient (Wildman–Crippen LogP) is 1.44. The fourth-order valence-electron chi connectivity index (χ4n) is 3.64. The van der Waals surface area contributed by atoms with Crippen molar-refractivity contribution in [2.24, 2.45) is 4.99 Å². The van der Waals surface area contributed by atoms with Crippen LogP contribution < -0.4 is 10.1 Å². The first-order valence-corrected chi connectivity index (χ1v) is 9.60. The largest absolute Gasteiger partial charge is 0.496 e. The molecule has 8 nitrogen and oxygen atoms in total. The number of carbonyl (C=O) groups excluding carboxylic acids is 1. The van der Waals surface area contributed by atoms with Crippen molar-refractivity contribution >= 4 is 11.9 Å². The molecule has 2 saturated heterocycles. The van der Waals surface area contributed by atoms with Crippen LogP contribution in [0.3, 0.4) is 0 Å². The molecule has 0 radical (unpaired) electrons. The molecule has 2 atom stereocenters. The normalized spacial score (nSPS) is 22.8. The maximum Gasteiger partial charge on any atom is 0.341 e. The lowest BCUT2D eigenvalue weighted by Crippen LogP contribution is -2.53. The number of benzene rings is 1. The zero-order chi connectivity index (χ0) is 19.9. The van der Waals surface area contributed by atoms with Gasteiger partial charge in [-0.15, -0.1) is 0 Å². The monoisotopic (exact) mass is 391 g/mol. The molecule has 0 bridgehead atoms. The Kier molecular flexibility index (Phi) is 7.11. The first kappa shape index (κ1) is 20.4. The SMILES string of the molecule is CN=C(NCc1ccc(OC)c(C(=O)OC)c1)N1CCOC(C2CCCO2)C1. The number of hydrogen-bond acceptors (Lipinski definition) is 6. The van der Waals surface area contributed by atoms with Crippen LogP contribution in [0.5, 0.6) is 5.75 Å². The number of guanidine groups is 1. The molecule has 2 aliphatic rings. The van der Waals surface area contributed by atoms with Gasteiger partial charge >= 0.3 is 5.97 Å². The van der Waals surface area contributed by atoms with Crippen LogP contribution in [0, 0.1) is 0 Å². The molecular formula is C20H29N3O5. The summed E-state index contributed by atoms with van der Waals surface area (Å²) in [4.78, 5) is 18.6. The van der Waals surface area contributed by atoms with E-state index in [0.29, 0.717) is 24.5 Å². The van der Waals surface area contributed by atoms with Gasteiger partial charge in [0.05, 0.1) is 26.9 Å². The van der Waals surface area contributed by atoms with Crippen LogP contribution in [0.25, 0.3) is 0 Å². The van der Waals surface area contributed by atoms with Gasteiger partial charge in [0.2, 0.25) is 0 Å². The van der Waals surface area contributed by atoms with Gasteiger partial charge in [-0.05, 0) is 30.5 Å². The lowest BCUT2D eigenvalue weighted by Gasteiger charge is -2.37. The number of esters is 1. The highest BCUT2D eigenvalue weighted by Gasteiger charge is 2.32. The Labute approximate surface area is 165 Å². The minimum atomic E-state index is -0.421. The Balaban J connectivity index is 1.63. The highest BCUT2D eigenvalue weighted by atomic mass is 16.5. The summed E-state index contributed by atoms with van der Waals surface area (Å²) in [6, 6.07) is 5.47. The van der Waals surface area contributed by atoms with Gasteiger partial charge < -0.3 is 29.2 Å². The van der Waals surface area contributed by atoms with Gasteiger partial charge in [0, 0.05) is 33.3 Å². The van der Waals surface area contributed by atoms with Gasteiger partial charge in [0.15, 0.2) is 5.96 Å². The smallest absolute Gasteiger partial charge is 0.341 e. The number of carbonyl (C=O) groups is 1. The molecule has 154 valence electrons. The standard InChI is InChI=1S/C20H29N3O5/c1-21-20(23-8-10-28-18(13-23)17-5-4-9-27-17)22-12-14-6-7-16(25-2)15(11-14)19(24)26-3/h6-7,11,17-18H,4-5,8-10,12-13H2,1-3H3,(H,21,22). The summed E-state index contributed by atoms with van der Waals surface area (Å²) >= 11 is 0. The summed E-state index contributed by atoms with van der Waals surface area (Å²) in [7, 11) is 4.66. The fourth-order valence-corrected chi connectivity index (χ4v) is 3.64. The number of ether oxygens (including phenoxy) is 4. The molecule has 28 heavy (non-hydrogen) atoms. The number of methoxy groups -OCH3 is 2. The second-order valence-electron chi connectivity index (χ2n) is 6.83. The van der Waals surface area contributed by atoms with Crippen LogP contribution >= 0.6 is 0 Å². The Morgan fingerprint density at radius 2 is 2.11 bits per heavy atom. The lowest BCUT2D eigenvalue weighted by atomic mass is 10.1. The quantitative estimate of drug-likeness (QED) is 0.462. The molecule has 0 aromatic heterocycles. The lowest BCUT2D eigenvalue weighted by molar-refractivity contribution is -0.0817. The van der Waals surface area contributed by atoms with E-state index in [9.17, 15) is 4.79 Å². The molecule has 0 amide bonds. The minimum Gasteiger partial charge on any atom is -0.496 e. The minimum absolute atomic E-state index is 0.0710. The van der Waals surface area contributed by atoms with E-state index in [-0.39, 0.29) is 12.2 Å². The van der Waals surface area contributed by atoms with E-state index in [1.807, 2.05) is 6.07 Å². The molecule has 8 heteroatoms. The van der Waals surface area contributed by atoms with Crippen LogP contribution in [0.2, 0.25) is 0 Å². The Hall–Kier alpha value is -2.32. The van der Waals surface area contributed by atoms with Crippen LogP contribution in [0.15, 0.2) is 23.2 Å². The summed E-state index contributed by atoms with van der Waals surface area (Å²) in [6.45, 7) is 3.53. The van der Waals surface area contributed by atoms with Crippen LogP contribution in [-0.2, 0) is 20.8 Å². The zero-order valence-corrected chi connectivity index (χ0v) is 16.8. The van der Waals surface area contributed by atoms with E-state index >= 15 is 0 Å². The highest BCUT2D eigenvalue weighted by Crippen LogP contribution is 2.22. The van der Waals surface area contributed by atoms with Gasteiger partial charge in [0.1, 0.15) is 17.4 Å². The molecule has 2 aliphatic heterocycles. The third-order valence-electron chi connectivity index (χ3n) is 5.10. The number of nitrogens with zero attached hydrogens (tertiary/aromatic N) is 2. The molecule has 2 unspecified atom stereocenters. The number of morpholine rings is 1. The second kappa shape index (κ2) is 9.75. The van der Waals surface area contributed by atoms with E-state index in [4.69, 9.17) is 18.9 Å². The van der Waals surface area contributed by atoms with Gasteiger partial charge in [-0.2, -0.15) is 0 Å². The van der Waals surface area contributed by atoms with Crippen molar-refractivity contribution in [2.45, 2.75) is 31.6 Å². The number of aliphatic imine (C=N–C) groups is 1. The van der Waals surface area contributed by atoms with E-state index in [1.54, 1.807) is 19.2 Å². The third-order valence-corrected chi connectivity index (χ3v) is 5.10. The molecule has 2 heterocycles. The Bertz CT molecular complexity index is 703. The number of nitrogens with one attached hydrogen (secondary N) is 1. The fraction of sp³-hybridized carbons (Fsp3) is 0.600.